The van der Waals surface area contributed by atoms with Gasteiger partial charge >= 0.3 is 0 Å². The number of nitrogens with one attached hydrogen (secondary N) is 2. The Bertz CT molecular complexity index is 536. The van der Waals surface area contributed by atoms with Crippen LogP contribution in [0, 0.1) is 5.92 Å². The van der Waals surface area contributed by atoms with Crippen molar-refractivity contribution in [2.45, 2.75) is 33.2 Å². The molecule has 4 nitrogen and oxygen atoms in total. The van der Waals surface area contributed by atoms with E-state index in [1.807, 2.05) is 52.0 Å². The van der Waals surface area contributed by atoms with E-state index in [4.69, 9.17) is 0 Å². The largest absolute Gasteiger partial charge is 0.344 e. The molecule has 0 aliphatic rings. The van der Waals surface area contributed by atoms with Gasteiger partial charge in [-0.2, -0.15) is 0 Å². The number of aromatic amines is 1. The molecule has 1 aromatic carbocycles. The molecule has 0 spiro atoms. The van der Waals surface area contributed by atoms with Crippen molar-refractivity contribution >= 4 is 16.9 Å². The molecule has 0 aliphatic carbocycles. The first-order valence-corrected chi connectivity index (χ1v) is 6.17. The van der Waals surface area contributed by atoms with Crippen LogP contribution in [0.15, 0.2) is 24.3 Å². The summed E-state index contributed by atoms with van der Waals surface area (Å²) in [6, 6.07) is 7.85. The van der Waals surface area contributed by atoms with Gasteiger partial charge in [0, 0.05) is 5.92 Å². The molecule has 1 aromatic heterocycles. The van der Waals surface area contributed by atoms with Gasteiger partial charge in [-0.1, -0.05) is 26.0 Å². The average Bonchev–Trinajstić information content (AvgIpc) is 2.72. The van der Waals surface area contributed by atoms with Gasteiger partial charge in [-0.15, -0.1) is 0 Å². The summed E-state index contributed by atoms with van der Waals surface area (Å²) in [5, 5.41) is 3.00. The molecule has 2 N–H and O–H groups in total. The van der Waals surface area contributed by atoms with E-state index >= 15 is 0 Å². The third-order valence-electron chi connectivity index (χ3n) is 2.94. The highest BCUT2D eigenvalue weighted by atomic mass is 16.2. The van der Waals surface area contributed by atoms with Crippen molar-refractivity contribution in [1.82, 2.24) is 15.3 Å². The van der Waals surface area contributed by atoms with Crippen LogP contribution in [0.3, 0.4) is 0 Å². The van der Waals surface area contributed by atoms with Crippen molar-refractivity contribution < 1.29 is 4.79 Å². The molecule has 2 rings (SSSR count). The van der Waals surface area contributed by atoms with Crippen LogP contribution < -0.4 is 5.32 Å². The van der Waals surface area contributed by atoms with Crippen molar-refractivity contribution in [3.63, 3.8) is 0 Å². The van der Waals surface area contributed by atoms with E-state index in [1.165, 1.54) is 0 Å². The van der Waals surface area contributed by atoms with Crippen molar-refractivity contribution in [3.05, 3.63) is 30.1 Å². The number of carbonyl (C=O) groups is 1. The number of carbonyl (C=O) groups excluding carboxylic acids is 1. The van der Waals surface area contributed by atoms with Gasteiger partial charge in [-0.3, -0.25) is 4.79 Å². The van der Waals surface area contributed by atoms with Gasteiger partial charge in [0.1, 0.15) is 5.82 Å². The third-order valence-corrected chi connectivity index (χ3v) is 2.94. The molecule has 96 valence electrons. The van der Waals surface area contributed by atoms with E-state index < -0.39 is 5.54 Å². The Balaban J connectivity index is 2.31. The lowest BCUT2D eigenvalue weighted by Crippen LogP contribution is -2.43. The lowest BCUT2D eigenvalue weighted by molar-refractivity contribution is -0.125. The number of hydrogen-bond donors (Lipinski definition) is 2. The van der Waals surface area contributed by atoms with E-state index in [0.29, 0.717) is 0 Å². The van der Waals surface area contributed by atoms with E-state index in [-0.39, 0.29) is 11.8 Å². The molecular formula is C14H19N3O. The number of para-hydroxylation sites is 2. The first-order chi connectivity index (χ1) is 8.40. The molecule has 0 saturated heterocycles. The molecule has 2 aromatic rings. The molecule has 18 heavy (non-hydrogen) atoms. The van der Waals surface area contributed by atoms with Crippen LogP contribution in [0.1, 0.15) is 33.5 Å². The summed E-state index contributed by atoms with van der Waals surface area (Å²) in [6.45, 7) is 7.66. The van der Waals surface area contributed by atoms with Gasteiger partial charge in [0.15, 0.2) is 0 Å². The average molecular weight is 245 g/mol. The van der Waals surface area contributed by atoms with Crippen LogP contribution in [0.25, 0.3) is 11.0 Å². The molecule has 0 atom stereocenters. The molecule has 0 unspecified atom stereocenters. The van der Waals surface area contributed by atoms with Crippen LogP contribution in [0.2, 0.25) is 0 Å². The van der Waals surface area contributed by atoms with Gasteiger partial charge in [0.05, 0.1) is 16.6 Å². The van der Waals surface area contributed by atoms with E-state index in [0.717, 1.165) is 16.9 Å². The predicted molar refractivity (Wildman–Crippen MR) is 72.1 cm³/mol. The lowest BCUT2D eigenvalue weighted by Gasteiger charge is -2.25. The van der Waals surface area contributed by atoms with Crippen LogP contribution in [0.4, 0.5) is 0 Å². The van der Waals surface area contributed by atoms with Crippen LogP contribution >= 0.6 is 0 Å². The van der Waals surface area contributed by atoms with Crippen molar-refractivity contribution in [1.29, 1.82) is 0 Å². The molecule has 4 heteroatoms. The predicted octanol–water partition coefficient (Wildman–Crippen LogP) is 2.57. The fourth-order valence-corrected chi connectivity index (χ4v) is 1.76. The molecule has 1 amide bonds. The number of rotatable bonds is 3. The minimum Gasteiger partial charge on any atom is -0.344 e. The monoisotopic (exact) mass is 245 g/mol. The Morgan fingerprint density at radius 1 is 1.33 bits per heavy atom. The molecule has 0 fully saturated rings. The summed E-state index contributed by atoms with van der Waals surface area (Å²) in [5.41, 5.74) is 1.40. The number of fused-ring (bicyclic) bond motifs is 1. The molecule has 0 radical (unpaired) electrons. The fraction of sp³-hybridized carbons (Fsp3) is 0.429. The second kappa shape index (κ2) is 4.44. The first-order valence-electron chi connectivity index (χ1n) is 6.17. The minimum atomic E-state index is -0.500. The highest BCUT2D eigenvalue weighted by Crippen LogP contribution is 2.21. The van der Waals surface area contributed by atoms with Crippen molar-refractivity contribution in [2.24, 2.45) is 5.92 Å². The van der Waals surface area contributed by atoms with E-state index in [9.17, 15) is 4.79 Å². The van der Waals surface area contributed by atoms with Crippen LogP contribution in [-0.2, 0) is 10.3 Å². The highest BCUT2D eigenvalue weighted by molar-refractivity contribution is 5.79. The maximum absolute atomic E-state index is 11.8. The quantitative estimate of drug-likeness (QED) is 0.873. The van der Waals surface area contributed by atoms with Gasteiger partial charge in [0.25, 0.3) is 0 Å². The smallest absolute Gasteiger partial charge is 0.223 e. The second-order valence-electron chi connectivity index (χ2n) is 5.37. The summed E-state index contributed by atoms with van der Waals surface area (Å²) in [4.78, 5) is 19.6. The Hall–Kier alpha value is -1.84. The Kier molecular flexibility index (Phi) is 3.11. The summed E-state index contributed by atoms with van der Waals surface area (Å²) in [5.74, 6) is 0.770. The number of hydrogen-bond acceptors (Lipinski definition) is 2. The minimum absolute atomic E-state index is 0.0282. The second-order valence-corrected chi connectivity index (χ2v) is 5.37. The van der Waals surface area contributed by atoms with Gasteiger partial charge in [0.2, 0.25) is 5.91 Å². The van der Waals surface area contributed by atoms with Crippen LogP contribution in [-0.4, -0.2) is 15.9 Å². The highest BCUT2D eigenvalue weighted by Gasteiger charge is 2.27. The van der Waals surface area contributed by atoms with Crippen molar-refractivity contribution in [2.75, 3.05) is 0 Å². The molecule has 1 heterocycles. The summed E-state index contributed by atoms with van der Waals surface area (Å²) >= 11 is 0. The maximum Gasteiger partial charge on any atom is 0.223 e. The van der Waals surface area contributed by atoms with Gasteiger partial charge in [-0.05, 0) is 26.0 Å². The Morgan fingerprint density at radius 3 is 2.61 bits per heavy atom. The zero-order valence-corrected chi connectivity index (χ0v) is 11.2. The van der Waals surface area contributed by atoms with E-state index in [2.05, 4.69) is 15.3 Å². The SMILES string of the molecule is CC(C)C(=O)NC(C)(C)c1nc2ccccc2[nH]1. The van der Waals surface area contributed by atoms with Crippen LogP contribution in [0.5, 0.6) is 0 Å². The zero-order valence-electron chi connectivity index (χ0n) is 11.2. The lowest BCUT2D eigenvalue weighted by atomic mass is 10.0. The summed E-state index contributed by atoms with van der Waals surface area (Å²) in [7, 11) is 0. The summed E-state index contributed by atoms with van der Waals surface area (Å²) < 4.78 is 0. The summed E-state index contributed by atoms with van der Waals surface area (Å²) in [6.07, 6.45) is 0. The number of H-pyrrole nitrogens is 1. The number of aromatic nitrogens is 2. The molecular weight excluding hydrogens is 226 g/mol. The Morgan fingerprint density at radius 2 is 2.00 bits per heavy atom. The third kappa shape index (κ3) is 2.37. The molecule has 0 bridgehead atoms. The standard InChI is InChI=1S/C14H19N3O/c1-9(2)12(18)17-14(3,4)13-15-10-7-5-6-8-11(10)16-13/h5-9H,1-4H3,(H,15,16)(H,17,18). The molecule has 0 aliphatic heterocycles. The van der Waals surface area contributed by atoms with E-state index in [1.54, 1.807) is 0 Å². The maximum atomic E-state index is 11.8. The van der Waals surface area contributed by atoms with Crippen molar-refractivity contribution in [3.8, 4) is 0 Å². The zero-order chi connectivity index (χ0) is 13.3. The topological polar surface area (TPSA) is 57.8 Å². The molecule has 0 saturated carbocycles. The Labute approximate surface area is 107 Å². The van der Waals surface area contributed by atoms with Gasteiger partial charge in [-0.25, -0.2) is 4.98 Å². The van der Waals surface area contributed by atoms with Gasteiger partial charge < -0.3 is 10.3 Å². The number of amides is 1. The number of benzene rings is 1. The number of nitrogens with zero attached hydrogens (tertiary/aromatic N) is 1. The first kappa shape index (κ1) is 12.6. The normalized spacial score (nSPS) is 12.1. The fourth-order valence-electron chi connectivity index (χ4n) is 1.76. The number of imidazole rings is 1.